The van der Waals surface area contributed by atoms with Crippen molar-refractivity contribution < 1.29 is 5.11 Å². The van der Waals surface area contributed by atoms with Gasteiger partial charge in [0.25, 0.3) is 0 Å². The lowest BCUT2D eigenvalue weighted by Gasteiger charge is -2.32. The molecule has 0 aromatic rings. The molecule has 90 valence electrons. The van der Waals surface area contributed by atoms with Crippen LogP contribution in [0, 0.1) is 5.92 Å². The number of hydrogen-bond donors (Lipinski definition) is 1. The van der Waals surface area contributed by atoms with Gasteiger partial charge in [-0.15, -0.1) is 0 Å². The summed E-state index contributed by atoms with van der Waals surface area (Å²) >= 11 is 0. The molecule has 1 unspecified atom stereocenters. The van der Waals surface area contributed by atoms with E-state index in [1.54, 1.807) is 0 Å². The average Bonchev–Trinajstić information content (AvgIpc) is 2.24. The van der Waals surface area contributed by atoms with Crippen molar-refractivity contribution in [1.29, 1.82) is 0 Å². The molecule has 0 saturated carbocycles. The van der Waals surface area contributed by atoms with E-state index in [1.807, 2.05) is 0 Å². The third kappa shape index (κ3) is 4.98. The lowest BCUT2D eigenvalue weighted by atomic mass is 9.97. The van der Waals surface area contributed by atoms with Gasteiger partial charge in [-0.3, -0.25) is 0 Å². The first-order valence-corrected chi connectivity index (χ1v) is 6.66. The molecule has 1 aliphatic heterocycles. The van der Waals surface area contributed by atoms with E-state index in [4.69, 9.17) is 0 Å². The number of nitrogens with zero attached hydrogens (tertiary/aromatic N) is 1. The van der Waals surface area contributed by atoms with E-state index >= 15 is 0 Å². The van der Waals surface area contributed by atoms with Crippen LogP contribution in [0.15, 0.2) is 0 Å². The largest absolute Gasteiger partial charge is 0.392 e. The Morgan fingerprint density at radius 2 is 2.20 bits per heavy atom. The van der Waals surface area contributed by atoms with Crippen molar-refractivity contribution in [3.63, 3.8) is 0 Å². The third-order valence-electron chi connectivity index (χ3n) is 3.54. The van der Waals surface area contributed by atoms with E-state index in [0.29, 0.717) is 0 Å². The standard InChI is InChI=1S/C13H27NO/c1-3-5-7-12(4-2)10-14-9-6-8-13(15)11-14/h12-13,15H,3-11H2,1-2H3/t12?,13-/m0/s1. The molecule has 0 radical (unpaired) electrons. The van der Waals surface area contributed by atoms with E-state index in [-0.39, 0.29) is 6.10 Å². The van der Waals surface area contributed by atoms with Crippen molar-refractivity contribution in [1.82, 2.24) is 4.90 Å². The molecule has 2 nitrogen and oxygen atoms in total. The van der Waals surface area contributed by atoms with Gasteiger partial charge in [0.15, 0.2) is 0 Å². The predicted molar refractivity (Wildman–Crippen MR) is 65.0 cm³/mol. The minimum absolute atomic E-state index is 0.0672. The van der Waals surface area contributed by atoms with Crippen LogP contribution in [0.5, 0.6) is 0 Å². The Morgan fingerprint density at radius 1 is 1.40 bits per heavy atom. The summed E-state index contributed by atoms with van der Waals surface area (Å²) in [5, 5.41) is 9.60. The first kappa shape index (κ1) is 13.0. The zero-order valence-corrected chi connectivity index (χ0v) is 10.4. The lowest BCUT2D eigenvalue weighted by molar-refractivity contribution is 0.0606. The van der Waals surface area contributed by atoms with Crippen LogP contribution < -0.4 is 0 Å². The van der Waals surface area contributed by atoms with Gasteiger partial charge in [-0.25, -0.2) is 0 Å². The average molecular weight is 213 g/mol. The van der Waals surface area contributed by atoms with Crippen LogP contribution in [-0.4, -0.2) is 35.7 Å². The summed E-state index contributed by atoms with van der Waals surface area (Å²) in [6.07, 6.45) is 7.41. The van der Waals surface area contributed by atoms with Gasteiger partial charge in [-0.1, -0.05) is 33.1 Å². The number of likely N-dealkylation sites (tertiary alicyclic amines) is 1. The Labute approximate surface area is 94.7 Å². The molecule has 0 bridgehead atoms. The third-order valence-corrected chi connectivity index (χ3v) is 3.54. The molecule has 2 heteroatoms. The van der Waals surface area contributed by atoms with Crippen LogP contribution >= 0.6 is 0 Å². The Hall–Kier alpha value is -0.0800. The fourth-order valence-corrected chi connectivity index (χ4v) is 2.48. The van der Waals surface area contributed by atoms with Crippen molar-refractivity contribution in [2.24, 2.45) is 5.92 Å². The highest BCUT2D eigenvalue weighted by Gasteiger charge is 2.19. The molecule has 1 rings (SSSR count). The Balaban J connectivity index is 2.24. The van der Waals surface area contributed by atoms with Gasteiger partial charge in [0.05, 0.1) is 6.10 Å². The van der Waals surface area contributed by atoms with Gasteiger partial charge in [0.2, 0.25) is 0 Å². The predicted octanol–water partition coefficient (Wildman–Crippen LogP) is 2.66. The van der Waals surface area contributed by atoms with Crippen LogP contribution in [-0.2, 0) is 0 Å². The first-order chi connectivity index (χ1) is 7.26. The molecule has 1 fully saturated rings. The van der Waals surface area contributed by atoms with Gasteiger partial charge in [0, 0.05) is 13.1 Å². The zero-order valence-electron chi connectivity index (χ0n) is 10.4. The van der Waals surface area contributed by atoms with E-state index in [9.17, 15) is 5.11 Å². The minimum Gasteiger partial charge on any atom is -0.392 e. The fraction of sp³-hybridized carbons (Fsp3) is 1.00. The monoisotopic (exact) mass is 213 g/mol. The summed E-state index contributed by atoms with van der Waals surface area (Å²) in [4.78, 5) is 2.46. The molecule has 2 atom stereocenters. The van der Waals surface area contributed by atoms with E-state index in [0.717, 1.165) is 18.9 Å². The molecule has 0 spiro atoms. The summed E-state index contributed by atoms with van der Waals surface area (Å²) in [5.41, 5.74) is 0. The molecule has 0 aromatic carbocycles. The molecule has 1 aliphatic rings. The molecule has 1 heterocycles. The van der Waals surface area contributed by atoms with Crippen LogP contribution in [0.25, 0.3) is 0 Å². The number of piperidine rings is 1. The molecule has 0 aromatic heterocycles. The van der Waals surface area contributed by atoms with Crippen molar-refractivity contribution in [2.45, 2.75) is 58.5 Å². The van der Waals surface area contributed by atoms with Crippen molar-refractivity contribution in [3.05, 3.63) is 0 Å². The van der Waals surface area contributed by atoms with E-state index in [1.165, 1.54) is 45.2 Å². The van der Waals surface area contributed by atoms with E-state index < -0.39 is 0 Å². The summed E-state index contributed by atoms with van der Waals surface area (Å²) < 4.78 is 0. The van der Waals surface area contributed by atoms with Crippen molar-refractivity contribution in [3.8, 4) is 0 Å². The molecule has 0 amide bonds. The Morgan fingerprint density at radius 3 is 2.80 bits per heavy atom. The van der Waals surface area contributed by atoms with E-state index in [2.05, 4.69) is 18.7 Å². The van der Waals surface area contributed by atoms with Crippen LogP contribution in [0.4, 0.5) is 0 Å². The second-order valence-electron chi connectivity index (χ2n) is 4.97. The zero-order chi connectivity index (χ0) is 11.1. The number of unbranched alkanes of at least 4 members (excludes halogenated alkanes) is 1. The highest BCUT2D eigenvalue weighted by atomic mass is 16.3. The fourth-order valence-electron chi connectivity index (χ4n) is 2.48. The highest BCUT2D eigenvalue weighted by molar-refractivity contribution is 4.74. The maximum absolute atomic E-state index is 9.60. The molecule has 1 N–H and O–H groups in total. The Bertz CT molecular complexity index is 161. The van der Waals surface area contributed by atoms with Crippen molar-refractivity contribution >= 4 is 0 Å². The van der Waals surface area contributed by atoms with Crippen LogP contribution in [0.1, 0.15) is 52.4 Å². The van der Waals surface area contributed by atoms with Gasteiger partial charge in [0.1, 0.15) is 0 Å². The van der Waals surface area contributed by atoms with Gasteiger partial charge in [-0.2, -0.15) is 0 Å². The van der Waals surface area contributed by atoms with Crippen LogP contribution in [0.2, 0.25) is 0 Å². The second-order valence-corrected chi connectivity index (χ2v) is 4.97. The van der Waals surface area contributed by atoms with Crippen LogP contribution in [0.3, 0.4) is 0 Å². The quantitative estimate of drug-likeness (QED) is 0.733. The summed E-state index contributed by atoms with van der Waals surface area (Å²) in [6.45, 7) is 7.86. The normalized spacial score (nSPS) is 25.4. The SMILES string of the molecule is CCCCC(CC)CN1CCC[C@H](O)C1. The molecular formula is C13H27NO. The summed E-state index contributed by atoms with van der Waals surface area (Å²) in [7, 11) is 0. The molecule has 0 aliphatic carbocycles. The summed E-state index contributed by atoms with van der Waals surface area (Å²) in [5.74, 6) is 0.843. The number of aliphatic hydroxyl groups is 1. The topological polar surface area (TPSA) is 23.5 Å². The maximum Gasteiger partial charge on any atom is 0.0667 e. The molecule has 15 heavy (non-hydrogen) atoms. The number of β-amino-alcohol motifs (C(OH)–C–C–N with tert-alkyl or cyclic N) is 1. The maximum atomic E-state index is 9.60. The molecule has 1 saturated heterocycles. The van der Waals surface area contributed by atoms with Gasteiger partial charge >= 0.3 is 0 Å². The first-order valence-electron chi connectivity index (χ1n) is 6.66. The number of aliphatic hydroxyl groups excluding tert-OH is 1. The molecular weight excluding hydrogens is 186 g/mol. The van der Waals surface area contributed by atoms with Crippen molar-refractivity contribution in [2.75, 3.05) is 19.6 Å². The van der Waals surface area contributed by atoms with Gasteiger partial charge < -0.3 is 10.0 Å². The smallest absolute Gasteiger partial charge is 0.0667 e. The number of rotatable bonds is 6. The lowest BCUT2D eigenvalue weighted by Crippen LogP contribution is -2.40. The Kier molecular flexibility index (Phi) is 6.26. The number of hydrogen-bond acceptors (Lipinski definition) is 2. The minimum atomic E-state index is -0.0672. The second kappa shape index (κ2) is 7.24. The summed E-state index contributed by atoms with van der Waals surface area (Å²) in [6, 6.07) is 0. The van der Waals surface area contributed by atoms with Gasteiger partial charge in [-0.05, 0) is 31.7 Å². The highest BCUT2D eigenvalue weighted by Crippen LogP contribution is 2.17.